The molecule has 0 fully saturated rings. The van der Waals surface area contributed by atoms with Crippen LogP contribution in [0.4, 0.5) is 0 Å². The second-order valence-corrected chi connectivity index (χ2v) is 9.81. The van der Waals surface area contributed by atoms with Crippen molar-refractivity contribution in [2.24, 2.45) is 10.8 Å². The van der Waals surface area contributed by atoms with Gasteiger partial charge in [0.25, 0.3) is 0 Å². The zero-order chi connectivity index (χ0) is 22.2. The van der Waals surface area contributed by atoms with Crippen LogP contribution in [0, 0.1) is 10.8 Å². The van der Waals surface area contributed by atoms with Crippen molar-refractivity contribution < 1.29 is 14.6 Å². The molecule has 2 aromatic rings. The van der Waals surface area contributed by atoms with Gasteiger partial charge < -0.3 is 9.84 Å². The first-order valence-electron chi connectivity index (χ1n) is 9.95. The molecular formula is C26H36O3. The summed E-state index contributed by atoms with van der Waals surface area (Å²) >= 11 is 0. The Labute approximate surface area is 176 Å². The van der Waals surface area contributed by atoms with Gasteiger partial charge in [0.05, 0.1) is 12.7 Å². The first-order valence-corrected chi connectivity index (χ1v) is 9.95. The second-order valence-electron chi connectivity index (χ2n) is 9.81. The lowest BCUT2D eigenvalue weighted by molar-refractivity contribution is 0.0600. The number of rotatable bonds is 4. The Balaban J connectivity index is 0.000000291. The number of carbonyl (C=O) groups excluding carboxylic acids is 1. The summed E-state index contributed by atoms with van der Waals surface area (Å²) in [4.78, 5) is 11.2. The summed E-state index contributed by atoms with van der Waals surface area (Å²) < 4.78 is 4.64. The summed E-state index contributed by atoms with van der Waals surface area (Å²) in [5.74, 6) is -0.149. The van der Waals surface area contributed by atoms with Crippen molar-refractivity contribution in [3.05, 3.63) is 77.4 Å². The highest BCUT2D eigenvalue weighted by Crippen LogP contribution is 2.22. The third-order valence-electron chi connectivity index (χ3n) is 4.13. The van der Waals surface area contributed by atoms with E-state index in [-0.39, 0.29) is 17.1 Å². The van der Waals surface area contributed by atoms with Crippen LogP contribution in [-0.4, -0.2) is 18.2 Å². The zero-order valence-corrected chi connectivity index (χ0v) is 19.0. The highest BCUT2D eigenvalue weighted by atomic mass is 16.5. The van der Waals surface area contributed by atoms with Crippen molar-refractivity contribution >= 4 is 11.7 Å². The first kappa shape index (κ1) is 24.5. The topological polar surface area (TPSA) is 46.5 Å². The van der Waals surface area contributed by atoms with Crippen LogP contribution in [0.1, 0.15) is 68.6 Å². The minimum atomic E-state index is -0.280. The standard InChI is InChI=1S/C13H18O2.C13H18O/c1-13(2,3)9-10-5-7-11(8-6-10)12(14)15-4;1-10(14)12-7-5-11(6-8-12)9-13(2,3)4/h5-8H,9H2,1-4H3;5-8,14H,1,9H2,2-4H3. The molecule has 0 aromatic heterocycles. The monoisotopic (exact) mass is 396 g/mol. The molecule has 0 amide bonds. The molecule has 158 valence electrons. The second kappa shape index (κ2) is 10.3. The number of aliphatic hydroxyl groups excluding tert-OH is 1. The van der Waals surface area contributed by atoms with Crippen LogP contribution in [0.15, 0.2) is 55.1 Å². The maximum Gasteiger partial charge on any atom is 0.337 e. The van der Waals surface area contributed by atoms with Crippen LogP contribution in [0.3, 0.4) is 0 Å². The van der Waals surface area contributed by atoms with E-state index in [2.05, 4.69) is 52.9 Å². The normalized spacial score (nSPS) is 11.3. The summed E-state index contributed by atoms with van der Waals surface area (Å²) in [7, 11) is 1.39. The van der Waals surface area contributed by atoms with E-state index in [1.807, 2.05) is 48.5 Å². The van der Waals surface area contributed by atoms with Gasteiger partial charge in [-0.2, -0.15) is 0 Å². The molecule has 29 heavy (non-hydrogen) atoms. The summed E-state index contributed by atoms with van der Waals surface area (Å²) in [6.45, 7) is 16.7. The number of aliphatic hydroxyl groups is 1. The third-order valence-corrected chi connectivity index (χ3v) is 4.13. The predicted molar refractivity (Wildman–Crippen MR) is 122 cm³/mol. The Kier molecular flexibility index (Phi) is 8.69. The van der Waals surface area contributed by atoms with Crippen LogP contribution in [-0.2, 0) is 17.6 Å². The average Bonchev–Trinajstić information content (AvgIpc) is 2.60. The quantitative estimate of drug-likeness (QED) is 0.453. The predicted octanol–water partition coefficient (Wildman–Crippen LogP) is 6.87. The molecule has 1 N–H and O–H groups in total. The molecule has 0 aliphatic carbocycles. The molecule has 0 spiro atoms. The third kappa shape index (κ3) is 9.98. The summed E-state index contributed by atoms with van der Waals surface area (Å²) in [5.41, 5.74) is 4.51. The summed E-state index contributed by atoms with van der Waals surface area (Å²) in [5, 5.41) is 9.15. The van der Waals surface area contributed by atoms with Crippen molar-refractivity contribution in [1.29, 1.82) is 0 Å². The van der Waals surface area contributed by atoms with Gasteiger partial charge in [-0.05, 0) is 46.9 Å². The Morgan fingerprint density at radius 3 is 1.41 bits per heavy atom. The molecule has 3 nitrogen and oxygen atoms in total. The smallest absolute Gasteiger partial charge is 0.337 e. The van der Waals surface area contributed by atoms with Gasteiger partial charge in [-0.15, -0.1) is 0 Å². The van der Waals surface area contributed by atoms with Crippen LogP contribution in [0.2, 0.25) is 0 Å². The van der Waals surface area contributed by atoms with Crippen molar-refractivity contribution in [2.75, 3.05) is 7.11 Å². The molecule has 2 rings (SSSR count). The number of methoxy groups -OCH3 is 1. The van der Waals surface area contributed by atoms with Crippen molar-refractivity contribution in [3.8, 4) is 0 Å². The maximum absolute atomic E-state index is 11.2. The number of hydrogen-bond acceptors (Lipinski definition) is 3. The van der Waals surface area contributed by atoms with E-state index in [9.17, 15) is 4.79 Å². The molecule has 3 heteroatoms. The maximum atomic E-state index is 11.2. The van der Waals surface area contributed by atoms with Crippen LogP contribution in [0.25, 0.3) is 5.76 Å². The van der Waals surface area contributed by atoms with Crippen molar-refractivity contribution in [2.45, 2.75) is 54.4 Å². The Morgan fingerprint density at radius 1 is 0.793 bits per heavy atom. The largest absolute Gasteiger partial charge is 0.508 e. The SMILES string of the molecule is C=C(O)c1ccc(CC(C)(C)C)cc1.COC(=O)c1ccc(CC(C)(C)C)cc1. The minimum Gasteiger partial charge on any atom is -0.508 e. The highest BCUT2D eigenvalue weighted by Gasteiger charge is 2.12. The van der Waals surface area contributed by atoms with Gasteiger partial charge in [-0.3, -0.25) is 0 Å². The van der Waals surface area contributed by atoms with Gasteiger partial charge in [-0.1, -0.05) is 84.5 Å². The molecule has 2 aromatic carbocycles. The fraction of sp³-hybridized carbons (Fsp3) is 0.423. The van der Waals surface area contributed by atoms with Crippen LogP contribution >= 0.6 is 0 Å². The summed E-state index contributed by atoms with van der Waals surface area (Å²) in [6.07, 6.45) is 2.06. The number of ether oxygens (including phenoxy) is 1. The van der Waals surface area contributed by atoms with Gasteiger partial charge >= 0.3 is 5.97 Å². The highest BCUT2D eigenvalue weighted by molar-refractivity contribution is 5.89. The zero-order valence-electron chi connectivity index (χ0n) is 19.0. The lowest BCUT2D eigenvalue weighted by atomic mass is 9.88. The molecule has 0 saturated heterocycles. The number of carbonyl (C=O) groups is 1. The minimum absolute atomic E-state index is 0.132. The van der Waals surface area contributed by atoms with E-state index in [4.69, 9.17) is 5.11 Å². The molecule has 0 radical (unpaired) electrons. The van der Waals surface area contributed by atoms with E-state index < -0.39 is 0 Å². The molecule has 0 unspecified atom stereocenters. The van der Waals surface area contributed by atoms with Gasteiger partial charge in [0.1, 0.15) is 5.76 Å². The van der Waals surface area contributed by atoms with Gasteiger partial charge in [-0.25, -0.2) is 4.79 Å². The first-order chi connectivity index (χ1) is 13.3. The molecular weight excluding hydrogens is 360 g/mol. The molecule has 0 atom stereocenters. The van der Waals surface area contributed by atoms with Gasteiger partial charge in [0, 0.05) is 5.56 Å². The fourth-order valence-electron chi connectivity index (χ4n) is 2.92. The number of benzene rings is 2. The van der Waals surface area contributed by atoms with E-state index in [1.54, 1.807) is 0 Å². The Hall–Kier alpha value is -2.55. The number of hydrogen-bond donors (Lipinski definition) is 1. The molecule has 0 heterocycles. The average molecular weight is 397 g/mol. The van der Waals surface area contributed by atoms with Crippen LogP contribution in [0.5, 0.6) is 0 Å². The lowest BCUT2D eigenvalue weighted by Gasteiger charge is -2.18. The van der Waals surface area contributed by atoms with E-state index in [0.29, 0.717) is 11.0 Å². The molecule has 0 saturated carbocycles. The summed E-state index contributed by atoms with van der Waals surface area (Å²) in [6, 6.07) is 15.5. The Bertz CT molecular complexity index is 786. The fourth-order valence-corrected chi connectivity index (χ4v) is 2.92. The van der Waals surface area contributed by atoms with Crippen LogP contribution < -0.4 is 0 Å². The van der Waals surface area contributed by atoms with Gasteiger partial charge in [0.15, 0.2) is 0 Å². The van der Waals surface area contributed by atoms with Crippen molar-refractivity contribution in [3.63, 3.8) is 0 Å². The molecule has 0 aliphatic heterocycles. The Morgan fingerprint density at radius 2 is 1.14 bits per heavy atom. The lowest BCUT2D eigenvalue weighted by Crippen LogP contribution is -2.09. The van der Waals surface area contributed by atoms with Crippen molar-refractivity contribution in [1.82, 2.24) is 0 Å². The van der Waals surface area contributed by atoms with E-state index in [0.717, 1.165) is 18.4 Å². The van der Waals surface area contributed by atoms with E-state index >= 15 is 0 Å². The van der Waals surface area contributed by atoms with Gasteiger partial charge in [0.2, 0.25) is 0 Å². The molecule has 0 aliphatic rings. The van der Waals surface area contributed by atoms with E-state index in [1.165, 1.54) is 18.2 Å². The number of esters is 1. The molecule has 0 bridgehead atoms.